The summed E-state index contributed by atoms with van der Waals surface area (Å²) in [6, 6.07) is 7.62. The molecule has 1 fully saturated rings. The van der Waals surface area contributed by atoms with E-state index in [-0.39, 0.29) is 23.6 Å². The van der Waals surface area contributed by atoms with Crippen LogP contribution >= 0.6 is 0 Å². The Balaban J connectivity index is 1.55. The van der Waals surface area contributed by atoms with Crippen molar-refractivity contribution >= 4 is 28.6 Å². The van der Waals surface area contributed by atoms with Gasteiger partial charge in [-0.25, -0.2) is 0 Å². The monoisotopic (exact) mass is 384 g/mol. The topological polar surface area (TPSA) is 83.4 Å². The van der Waals surface area contributed by atoms with Crippen molar-refractivity contribution in [2.24, 2.45) is 18.4 Å². The largest absolute Gasteiger partial charge is 0.350 e. The van der Waals surface area contributed by atoms with Crippen molar-refractivity contribution in [2.45, 2.75) is 33.6 Å². The molecule has 0 radical (unpaired) electrons. The van der Waals surface area contributed by atoms with E-state index in [0.717, 1.165) is 10.9 Å². The van der Waals surface area contributed by atoms with Gasteiger partial charge in [0.1, 0.15) is 0 Å². The number of carbonyl (C=O) groups excluding carboxylic acids is 3. The minimum absolute atomic E-state index is 0.107. The third-order valence-corrected chi connectivity index (χ3v) is 5.24. The van der Waals surface area contributed by atoms with Gasteiger partial charge in [-0.05, 0) is 18.9 Å². The van der Waals surface area contributed by atoms with Crippen molar-refractivity contribution in [1.29, 1.82) is 0 Å². The first kappa shape index (κ1) is 19.9. The smallest absolute Gasteiger partial charge is 0.271 e. The predicted molar refractivity (Wildman–Crippen MR) is 107 cm³/mol. The second-order valence-electron chi connectivity index (χ2n) is 8.43. The second-order valence-corrected chi connectivity index (χ2v) is 8.43. The van der Waals surface area contributed by atoms with Gasteiger partial charge in [-0.3, -0.25) is 25.2 Å². The molecular weight excluding hydrogens is 356 g/mol. The lowest BCUT2D eigenvalue weighted by atomic mass is 9.91. The first-order valence-electron chi connectivity index (χ1n) is 9.62. The molecule has 3 amide bonds. The Bertz CT molecular complexity index is 902. The van der Waals surface area contributed by atoms with Crippen LogP contribution in [0.5, 0.6) is 0 Å². The van der Waals surface area contributed by atoms with Gasteiger partial charge in [0.15, 0.2) is 0 Å². The van der Waals surface area contributed by atoms with Crippen molar-refractivity contribution in [3.63, 3.8) is 0 Å². The Morgan fingerprint density at radius 3 is 2.32 bits per heavy atom. The maximum atomic E-state index is 12.5. The molecule has 1 aromatic carbocycles. The number of benzene rings is 1. The number of aromatic nitrogens is 1. The quantitative estimate of drug-likeness (QED) is 0.779. The Morgan fingerprint density at radius 2 is 1.68 bits per heavy atom. The minimum atomic E-state index is -0.415. The molecule has 1 aliphatic heterocycles. The maximum Gasteiger partial charge on any atom is 0.271 e. The number of piperidine rings is 1. The summed E-state index contributed by atoms with van der Waals surface area (Å²) in [5.41, 5.74) is 6.13. The standard InChI is InChI=1S/C21H28N4O3/c1-21(2,3)20(28)25-11-9-14(10-12-25)18(26)22-23-19(27)16-13-24(4)17-8-6-5-7-15(16)17/h5-8,13-14H,9-12H2,1-4H3,(H,22,26)(H,23,27). The van der Waals surface area contributed by atoms with Gasteiger partial charge in [-0.2, -0.15) is 0 Å². The molecule has 2 N–H and O–H groups in total. The number of likely N-dealkylation sites (tertiary alicyclic amines) is 1. The molecule has 7 nitrogen and oxygen atoms in total. The van der Waals surface area contributed by atoms with Gasteiger partial charge >= 0.3 is 0 Å². The molecule has 3 rings (SSSR count). The summed E-state index contributed by atoms with van der Waals surface area (Å²) in [6.07, 6.45) is 2.94. The lowest BCUT2D eigenvalue weighted by molar-refractivity contribution is -0.142. The molecule has 2 aromatic rings. The number of hydrogen-bond acceptors (Lipinski definition) is 3. The zero-order valence-electron chi connectivity index (χ0n) is 16.9. The zero-order chi connectivity index (χ0) is 20.5. The van der Waals surface area contributed by atoms with Gasteiger partial charge in [0.2, 0.25) is 11.8 Å². The molecule has 0 aliphatic carbocycles. The summed E-state index contributed by atoms with van der Waals surface area (Å²) >= 11 is 0. The number of amides is 3. The van der Waals surface area contributed by atoms with E-state index in [1.807, 2.05) is 61.6 Å². The highest BCUT2D eigenvalue weighted by Gasteiger charge is 2.32. The Morgan fingerprint density at radius 1 is 1.04 bits per heavy atom. The van der Waals surface area contributed by atoms with Crippen LogP contribution in [0, 0.1) is 11.3 Å². The second kappa shape index (κ2) is 7.66. The van der Waals surface area contributed by atoms with E-state index in [4.69, 9.17) is 0 Å². The van der Waals surface area contributed by atoms with Crippen molar-refractivity contribution in [3.05, 3.63) is 36.0 Å². The number of hydrazine groups is 1. The van der Waals surface area contributed by atoms with Crippen LogP contribution in [0.3, 0.4) is 0 Å². The van der Waals surface area contributed by atoms with Gasteiger partial charge in [0, 0.05) is 48.6 Å². The van der Waals surface area contributed by atoms with Gasteiger partial charge in [-0.15, -0.1) is 0 Å². The van der Waals surface area contributed by atoms with Gasteiger partial charge in [-0.1, -0.05) is 39.0 Å². The molecule has 28 heavy (non-hydrogen) atoms. The van der Waals surface area contributed by atoms with Crippen molar-refractivity contribution < 1.29 is 14.4 Å². The average molecular weight is 384 g/mol. The summed E-state index contributed by atoms with van der Waals surface area (Å²) in [5.74, 6) is -0.658. The highest BCUT2D eigenvalue weighted by Crippen LogP contribution is 2.24. The van der Waals surface area contributed by atoms with Crippen molar-refractivity contribution in [3.8, 4) is 0 Å². The Labute approximate surface area is 165 Å². The zero-order valence-corrected chi connectivity index (χ0v) is 16.9. The van der Waals surface area contributed by atoms with E-state index in [0.29, 0.717) is 31.5 Å². The number of para-hydroxylation sites is 1. The predicted octanol–water partition coefficient (Wildman–Crippen LogP) is 2.22. The average Bonchev–Trinajstić information content (AvgIpc) is 3.02. The number of nitrogens with one attached hydrogen (secondary N) is 2. The molecule has 7 heteroatoms. The number of hydrogen-bond donors (Lipinski definition) is 2. The molecule has 0 unspecified atom stereocenters. The van der Waals surface area contributed by atoms with Crippen LogP contribution in [0.1, 0.15) is 44.0 Å². The Kier molecular flexibility index (Phi) is 5.45. The van der Waals surface area contributed by atoms with Crippen LogP contribution < -0.4 is 10.9 Å². The SMILES string of the molecule is Cn1cc(C(=O)NNC(=O)C2CCN(C(=O)C(C)(C)C)CC2)c2ccccc21. The first-order valence-corrected chi connectivity index (χ1v) is 9.62. The van der Waals surface area contributed by atoms with Crippen molar-refractivity contribution in [1.82, 2.24) is 20.3 Å². The third-order valence-electron chi connectivity index (χ3n) is 5.24. The molecule has 0 bridgehead atoms. The molecule has 1 saturated heterocycles. The lowest BCUT2D eigenvalue weighted by Crippen LogP contribution is -2.49. The van der Waals surface area contributed by atoms with Crippen LogP contribution in [-0.2, 0) is 16.6 Å². The molecule has 0 saturated carbocycles. The number of aryl methyl sites for hydroxylation is 1. The fourth-order valence-corrected chi connectivity index (χ4v) is 3.63. The van der Waals surface area contributed by atoms with Crippen LogP contribution in [0.15, 0.2) is 30.5 Å². The van der Waals surface area contributed by atoms with E-state index in [1.54, 1.807) is 6.20 Å². The Hall–Kier alpha value is -2.83. The minimum Gasteiger partial charge on any atom is -0.350 e. The molecular formula is C21H28N4O3. The van der Waals surface area contributed by atoms with Gasteiger partial charge in [0.25, 0.3) is 5.91 Å². The van der Waals surface area contributed by atoms with E-state index in [1.165, 1.54) is 0 Å². The summed E-state index contributed by atoms with van der Waals surface area (Å²) in [5, 5.41) is 0.839. The molecule has 1 aliphatic rings. The molecule has 0 spiro atoms. The fourth-order valence-electron chi connectivity index (χ4n) is 3.63. The summed E-state index contributed by atoms with van der Waals surface area (Å²) in [4.78, 5) is 39.1. The number of fused-ring (bicyclic) bond motifs is 1. The normalized spacial score (nSPS) is 15.5. The molecule has 0 atom stereocenters. The maximum absolute atomic E-state index is 12.5. The third kappa shape index (κ3) is 4.03. The van der Waals surface area contributed by atoms with Crippen LogP contribution in [-0.4, -0.2) is 40.3 Å². The van der Waals surface area contributed by atoms with Gasteiger partial charge < -0.3 is 9.47 Å². The fraction of sp³-hybridized carbons (Fsp3) is 0.476. The number of nitrogens with zero attached hydrogens (tertiary/aromatic N) is 2. The summed E-state index contributed by atoms with van der Waals surface area (Å²) in [7, 11) is 1.88. The van der Waals surface area contributed by atoms with E-state index in [9.17, 15) is 14.4 Å². The first-order chi connectivity index (χ1) is 13.2. The van der Waals surface area contributed by atoms with E-state index in [2.05, 4.69) is 10.9 Å². The van der Waals surface area contributed by atoms with Crippen LogP contribution in [0.4, 0.5) is 0 Å². The van der Waals surface area contributed by atoms with Gasteiger partial charge in [0.05, 0.1) is 5.56 Å². The molecule has 1 aromatic heterocycles. The van der Waals surface area contributed by atoms with Crippen LogP contribution in [0.25, 0.3) is 10.9 Å². The number of rotatable bonds is 2. The lowest BCUT2D eigenvalue weighted by Gasteiger charge is -2.35. The van der Waals surface area contributed by atoms with E-state index < -0.39 is 5.41 Å². The van der Waals surface area contributed by atoms with E-state index >= 15 is 0 Å². The molecule has 150 valence electrons. The molecule has 2 heterocycles. The highest BCUT2D eigenvalue weighted by molar-refractivity contribution is 6.07. The highest BCUT2D eigenvalue weighted by atomic mass is 16.2. The number of carbonyl (C=O) groups is 3. The van der Waals surface area contributed by atoms with Crippen LogP contribution in [0.2, 0.25) is 0 Å². The summed E-state index contributed by atoms with van der Waals surface area (Å²) < 4.78 is 1.88. The van der Waals surface area contributed by atoms with Crippen molar-refractivity contribution in [2.75, 3.05) is 13.1 Å². The summed E-state index contributed by atoms with van der Waals surface area (Å²) in [6.45, 7) is 6.82.